The number of fused-ring (bicyclic) bond motifs is 1. The molecule has 1 aromatic carbocycles. The third-order valence-corrected chi connectivity index (χ3v) is 4.25. The second-order valence-electron chi connectivity index (χ2n) is 6.10. The van der Waals surface area contributed by atoms with Crippen molar-refractivity contribution in [3.63, 3.8) is 0 Å². The molecular formula is C17H24N2S. The summed E-state index contributed by atoms with van der Waals surface area (Å²) in [5.41, 5.74) is 2.51. The van der Waals surface area contributed by atoms with Crippen LogP contribution in [0.5, 0.6) is 0 Å². The Balaban J connectivity index is 2.32. The highest BCUT2D eigenvalue weighted by Crippen LogP contribution is 2.25. The average Bonchev–Trinajstić information content (AvgIpc) is 2.41. The van der Waals surface area contributed by atoms with Crippen molar-refractivity contribution in [3.05, 3.63) is 35.9 Å². The Hall–Kier alpha value is -1.06. The van der Waals surface area contributed by atoms with Gasteiger partial charge in [-0.15, -0.1) is 11.8 Å². The molecule has 0 aliphatic carbocycles. The summed E-state index contributed by atoms with van der Waals surface area (Å²) < 4.78 is 0. The van der Waals surface area contributed by atoms with Crippen LogP contribution in [0.1, 0.15) is 39.7 Å². The van der Waals surface area contributed by atoms with Gasteiger partial charge in [-0.3, -0.25) is 0 Å². The van der Waals surface area contributed by atoms with Gasteiger partial charge in [0.1, 0.15) is 5.03 Å². The highest BCUT2D eigenvalue weighted by Gasteiger charge is 2.12. The number of hydrogen-bond acceptors (Lipinski definition) is 3. The number of thioether (sulfide) groups is 1. The van der Waals surface area contributed by atoms with E-state index < -0.39 is 0 Å². The lowest BCUT2D eigenvalue weighted by Crippen LogP contribution is -2.35. The van der Waals surface area contributed by atoms with Crippen molar-refractivity contribution in [2.45, 2.75) is 51.2 Å². The fraction of sp³-hybridized carbons (Fsp3) is 0.471. The van der Waals surface area contributed by atoms with E-state index in [1.165, 1.54) is 22.4 Å². The lowest BCUT2D eigenvalue weighted by atomic mass is 10.1. The molecule has 0 saturated heterocycles. The van der Waals surface area contributed by atoms with E-state index in [1.54, 1.807) is 0 Å². The van der Waals surface area contributed by atoms with Crippen molar-refractivity contribution in [1.29, 1.82) is 0 Å². The van der Waals surface area contributed by atoms with Crippen LogP contribution < -0.4 is 5.32 Å². The normalized spacial score (nSPS) is 12.0. The van der Waals surface area contributed by atoms with Gasteiger partial charge in [-0.05, 0) is 50.6 Å². The van der Waals surface area contributed by atoms with Gasteiger partial charge in [0, 0.05) is 17.5 Å². The molecule has 0 radical (unpaired) electrons. The summed E-state index contributed by atoms with van der Waals surface area (Å²) in [6, 6.07) is 10.6. The standard InChI is InChI=1S/C17H24N2S/c1-5-10-20-16-14(12-18-17(2,3)4)11-13-8-6-7-9-15(13)19-16/h6-9,11,18H,5,10,12H2,1-4H3. The summed E-state index contributed by atoms with van der Waals surface area (Å²) >= 11 is 1.86. The first-order valence-corrected chi connectivity index (χ1v) is 8.24. The predicted molar refractivity (Wildman–Crippen MR) is 89.4 cm³/mol. The Bertz CT molecular complexity index is 573. The van der Waals surface area contributed by atoms with E-state index in [1.807, 2.05) is 11.8 Å². The molecule has 0 aliphatic rings. The summed E-state index contributed by atoms with van der Waals surface area (Å²) in [5.74, 6) is 1.12. The second-order valence-corrected chi connectivity index (χ2v) is 7.18. The zero-order valence-corrected chi connectivity index (χ0v) is 13.7. The number of nitrogens with one attached hydrogen (secondary N) is 1. The van der Waals surface area contributed by atoms with Gasteiger partial charge in [0.15, 0.2) is 0 Å². The molecule has 1 aromatic heterocycles. The van der Waals surface area contributed by atoms with Crippen molar-refractivity contribution >= 4 is 22.7 Å². The number of para-hydroxylation sites is 1. The third kappa shape index (κ3) is 4.22. The Morgan fingerprint density at radius 2 is 1.95 bits per heavy atom. The van der Waals surface area contributed by atoms with Crippen LogP contribution in [0.4, 0.5) is 0 Å². The Morgan fingerprint density at radius 3 is 2.65 bits per heavy atom. The summed E-state index contributed by atoms with van der Waals surface area (Å²) in [5, 5.41) is 5.96. The zero-order valence-electron chi connectivity index (χ0n) is 12.9. The molecule has 1 heterocycles. The largest absolute Gasteiger partial charge is 0.308 e. The Morgan fingerprint density at radius 1 is 1.20 bits per heavy atom. The van der Waals surface area contributed by atoms with Gasteiger partial charge in [-0.1, -0.05) is 25.1 Å². The maximum atomic E-state index is 4.84. The molecule has 0 unspecified atom stereocenters. The first-order chi connectivity index (χ1) is 9.49. The van der Waals surface area contributed by atoms with Crippen LogP contribution in [0, 0.1) is 0 Å². The monoisotopic (exact) mass is 288 g/mol. The van der Waals surface area contributed by atoms with Crippen molar-refractivity contribution in [2.24, 2.45) is 0 Å². The highest BCUT2D eigenvalue weighted by atomic mass is 32.2. The van der Waals surface area contributed by atoms with Gasteiger partial charge in [-0.2, -0.15) is 0 Å². The van der Waals surface area contributed by atoms with Crippen molar-refractivity contribution in [3.8, 4) is 0 Å². The summed E-state index contributed by atoms with van der Waals surface area (Å²) in [6.45, 7) is 9.66. The molecular weight excluding hydrogens is 264 g/mol. The molecule has 2 aromatic rings. The minimum atomic E-state index is 0.123. The van der Waals surface area contributed by atoms with Crippen molar-refractivity contribution in [2.75, 3.05) is 5.75 Å². The van der Waals surface area contributed by atoms with Gasteiger partial charge >= 0.3 is 0 Å². The molecule has 2 nitrogen and oxygen atoms in total. The van der Waals surface area contributed by atoms with E-state index in [-0.39, 0.29) is 5.54 Å². The number of benzene rings is 1. The van der Waals surface area contributed by atoms with Crippen molar-refractivity contribution in [1.82, 2.24) is 10.3 Å². The maximum Gasteiger partial charge on any atom is 0.101 e. The van der Waals surface area contributed by atoms with Crippen LogP contribution >= 0.6 is 11.8 Å². The first kappa shape index (κ1) is 15.3. The van der Waals surface area contributed by atoms with E-state index in [9.17, 15) is 0 Å². The van der Waals surface area contributed by atoms with Crippen LogP contribution in [-0.2, 0) is 6.54 Å². The van der Waals surface area contributed by atoms with Gasteiger partial charge in [0.2, 0.25) is 0 Å². The molecule has 0 bridgehead atoms. The minimum Gasteiger partial charge on any atom is -0.308 e. The topological polar surface area (TPSA) is 24.9 Å². The van der Waals surface area contributed by atoms with Crippen LogP contribution in [0.25, 0.3) is 10.9 Å². The molecule has 0 fully saturated rings. The number of hydrogen-bond donors (Lipinski definition) is 1. The molecule has 0 spiro atoms. The number of nitrogens with zero attached hydrogens (tertiary/aromatic N) is 1. The van der Waals surface area contributed by atoms with E-state index in [2.05, 4.69) is 63.3 Å². The number of rotatable bonds is 5. The first-order valence-electron chi connectivity index (χ1n) is 7.26. The Labute approximate surface area is 126 Å². The molecule has 1 N–H and O–H groups in total. The van der Waals surface area contributed by atoms with Crippen LogP contribution in [-0.4, -0.2) is 16.3 Å². The molecule has 20 heavy (non-hydrogen) atoms. The van der Waals surface area contributed by atoms with Crippen LogP contribution in [0.3, 0.4) is 0 Å². The molecule has 3 heteroatoms. The third-order valence-electron chi connectivity index (χ3n) is 3.02. The molecule has 2 rings (SSSR count). The summed E-state index contributed by atoms with van der Waals surface area (Å²) in [6.07, 6.45) is 1.17. The second kappa shape index (κ2) is 6.59. The van der Waals surface area contributed by atoms with Crippen LogP contribution in [0.2, 0.25) is 0 Å². The highest BCUT2D eigenvalue weighted by molar-refractivity contribution is 7.99. The quantitative estimate of drug-likeness (QED) is 0.812. The number of pyridine rings is 1. The fourth-order valence-electron chi connectivity index (χ4n) is 1.95. The van der Waals surface area contributed by atoms with E-state index >= 15 is 0 Å². The molecule has 108 valence electrons. The van der Waals surface area contributed by atoms with E-state index in [4.69, 9.17) is 4.98 Å². The number of aromatic nitrogens is 1. The smallest absolute Gasteiger partial charge is 0.101 e. The summed E-state index contributed by atoms with van der Waals surface area (Å²) in [4.78, 5) is 4.84. The van der Waals surface area contributed by atoms with Gasteiger partial charge in [0.25, 0.3) is 0 Å². The predicted octanol–water partition coefficient (Wildman–Crippen LogP) is 4.63. The van der Waals surface area contributed by atoms with Gasteiger partial charge < -0.3 is 5.32 Å². The summed E-state index contributed by atoms with van der Waals surface area (Å²) in [7, 11) is 0. The van der Waals surface area contributed by atoms with Crippen LogP contribution in [0.15, 0.2) is 35.4 Å². The fourth-order valence-corrected chi connectivity index (χ4v) is 2.83. The molecule has 0 atom stereocenters. The molecule has 0 saturated carbocycles. The lowest BCUT2D eigenvalue weighted by molar-refractivity contribution is 0.422. The zero-order chi connectivity index (χ0) is 14.6. The lowest BCUT2D eigenvalue weighted by Gasteiger charge is -2.21. The van der Waals surface area contributed by atoms with E-state index in [0.717, 1.165) is 17.8 Å². The Kier molecular flexibility index (Phi) is 5.06. The SMILES string of the molecule is CCCSc1nc2ccccc2cc1CNC(C)(C)C. The van der Waals surface area contributed by atoms with E-state index in [0.29, 0.717) is 0 Å². The van der Waals surface area contributed by atoms with Gasteiger partial charge in [-0.25, -0.2) is 4.98 Å². The van der Waals surface area contributed by atoms with Crippen molar-refractivity contribution < 1.29 is 0 Å². The molecule has 0 aliphatic heterocycles. The molecule has 0 amide bonds. The van der Waals surface area contributed by atoms with Gasteiger partial charge in [0.05, 0.1) is 5.52 Å². The maximum absolute atomic E-state index is 4.84. The minimum absolute atomic E-state index is 0.123. The average molecular weight is 288 g/mol.